The number of thiazole rings is 1. The van der Waals surface area contributed by atoms with Crippen LogP contribution >= 0.6 is 11.3 Å². The minimum absolute atomic E-state index is 0.164. The molecule has 3 aromatic rings. The summed E-state index contributed by atoms with van der Waals surface area (Å²) in [6.45, 7) is 4.24. The van der Waals surface area contributed by atoms with Crippen molar-refractivity contribution in [3.05, 3.63) is 40.3 Å². The van der Waals surface area contributed by atoms with Gasteiger partial charge in [-0.1, -0.05) is 19.0 Å². The summed E-state index contributed by atoms with van der Waals surface area (Å²) in [4.78, 5) is 20.5. The quantitative estimate of drug-likeness (QED) is 0.777. The number of nitrogens with zero attached hydrogens (tertiary/aromatic N) is 3. The van der Waals surface area contributed by atoms with Crippen molar-refractivity contribution in [1.82, 2.24) is 20.4 Å². The molecular formula is C14H14N4O3S. The summed E-state index contributed by atoms with van der Waals surface area (Å²) in [6.07, 6.45) is 1.52. The average Bonchev–Trinajstić information content (AvgIpc) is 3.23. The molecule has 0 unspecified atom stereocenters. The maximum absolute atomic E-state index is 12.0. The van der Waals surface area contributed by atoms with E-state index in [1.54, 1.807) is 17.5 Å². The molecule has 0 spiro atoms. The normalized spacial score (nSPS) is 11.0. The van der Waals surface area contributed by atoms with E-state index in [9.17, 15) is 4.79 Å². The SMILES string of the molecule is CC(C)c1nc(C(=O)NCc2noc(-c3ccco3)n2)cs1. The molecule has 0 aromatic carbocycles. The van der Waals surface area contributed by atoms with Gasteiger partial charge in [-0.2, -0.15) is 4.98 Å². The molecular weight excluding hydrogens is 304 g/mol. The Labute approximate surface area is 130 Å². The molecule has 0 atom stereocenters. The van der Waals surface area contributed by atoms with Crippen LogP contribution in [0.15, 0.2) is 32.7 Å². The number of hydrogen-bond acceptors (Lipinski definition) is 7. The van der Waals surface area contributed by atoms with Crippen molar-refractivity contribution >= 4 is 17.2 Å². The van der Waals surface area contributed by atoms with Gasteiger partial charge in [-0.15, -0.1) is 11.3 Å². The molecule has 0 saturated carbocycles. The lowest BCUT2D eigenvalue weighted by Crippen LogP contribution is -2.23. The maximum atomic E-state index is 12.0. The van der Waals surface area contributed by atoms with E-state index in [-0.39, 0.29) is 18.3 Å². The van der Waals surface area contributed by atoms with Crippen molar-refractivity contribution in [2.75, 3.05) is 0 Å². The van der Waals surface area contributed by atoms with E-state index in [2.05, 4.69) is 20.4 Å². The van der Waals surface area contributed by atoms with Crippen LogP contribution in [0.4, 0.5) is 0 Å². The highest BCUT2D eigenvalue weighted by atomic mass is 32.1. The fraction of sp³-hybridized carbons (Fsp3) is 0.286. The topological polar surface area (TPSA) is 94.1 Å². The number of carbonyl (C=O) groups excluding carboxylic acids is 1. The number of carbonyl (C=O) groups is 1. The van der Waals surface area contributed by atoms with Crippen LogP contribution in [0.1, 0.15) is 41.1 Å². The molecule has 3 aromatic heterocycles. The zero-order chi connectivity index (χ0) is 15.5. The summed E-state index contributed by atoms with van der Waals surface area (Å²) in [7, 11) is 0. The molecule has 0 radical (unpaired) electrons. The fourth-order valence-corrected chi connectivity index (χ4v) is 2.55. The molecule has 0 aliphatic heterocycles. The lowest BCUT2D eigenvalue weighted by atomic mass is 10.2. The van der Waals surface area contributed by atoms with E-state index in [0.717, 1.165) is 5.01 Å². The smallest absolute Gasteiger partial charge is 0.293 e. The van der Waals surface area contributed by atoms with Crippen LogP contribution in [0.25, 0.3) is 11.7 Å². The van der Waals surface area contributed by atoms with Gasteiger partial charge in [0.05, 0.1) is 17.8 Å². The van der Waals surface area contributed by atoms with Gasteiger partial charge in [0, 0.05) is 11.3 Å². The van der Waals surface area contributed by atoms with Gasteiger partial charge >= 0.3 is 0 Å². The largest absolute Gasteiger partial charge is 0.459 e. The third-order valence-corrected chi connectivity index (χ3v) is 4.00. The summed E-state index contributed by atoms with van der Waals surface area (Å²) < 4.78 is 10.2. The van der Waals surface area contributed by atoms with E-state index >= 15 is 0 Å². The van der Waals surface area contributed by atoms with E-state index in [4.69, 9.17) is 8.94 Å². The first kappa shape index (κ1) is 14.5. The minimum Gasteiger partial charge on any atom is -0.459 e. The van der Waals surface area contributed by atoms with Gasteiger partial charge in [0.25, 0.3) is 11.8 Å². The van der Waals surface area contributed by atoms with Gasteiger partial charge in [-0.05, 0) is 12.1 Å². The Morgan fingerprint density at radius 1 is 1.41 bits per heavy atom. The molecule has 3 rings (SSSR count). The summed E-state index contributed by atoms with van der Waals surface area (Å²) in [5, 5.41) is 9.19. The zero-order valence-electron chi connectivity index (χ0n) is 12.1. The molecule has 0 fully saturated rings. The second kappa shape index (κ2) is 6.10. The highest BCUT2D eigenvalue weighted by Crippen LogP contribution is 2.19. The number of nitrogens with one attached hydrogen (secondary N) is 1. The highest BCUT2D eigenvalue weighted by Gasteiger charge is 2.15. The Kier molecular flexibility index (Phi) is 4.01. The summed E-state index contributed by atoms with van der Waals surface area (Å²) in [5.41, 5.74) is 0.406. The molecule has 0 aliphatic rings. The fourth-order valence-electron chi connectivity index (χ4n) is 1.73. The molecule has 7 nitrogen and oxygen atoms in total. The molecule has 0 aliphatic carbocycles. The zero-order valence-corrected chi connectivity index (χ0v) is 12.9. The monoisotopic (exact) mass is 318 g/mol. The Hall–Kier alpha value is -2.48. The first-order chi connectivity index (χ1) is 10.6. The number of hydrogen-bond donors (Lipinski definition) is 1. The van der Waals surface area contributed by atoms with Crippen LogP contribution in [0, 0.1) is 0 Å². The van der Waals surface area contributed by atoms with E-state index in [1.807, 2.05) is 13.8 Å². The second-order valence-electron chi connectivity index (χ2n) is 4.90. The lowest BCUT2D eigenvalue weighted by Gasteiger charge is -1.99. The maximum Gasteiger partial charge on any atom is 0.293 e. The van der Waals surface area contributed by atoms with Crippen LogP contribution in [0.3, 0.4) is 0 Å². The lowest BCUT2D eigenvalue weighted by molar-refractivity contribution is 0.0945. The third kappa shape index (κ3) is 3.06. The Bertz CT molecular complexity index is 761. The molecule has 0 saturated heterocycles. The molecule has 3 heterocycles. The molecule has 1 amide bonds. The number of furan rings is 1. The van der Waals surface area contributed by atoms with Gasteiger partial charge in [0.15, 0.2) is 11.6 Å². The second-order valence-corrected chi connectivity index (χ2v) is 5.79. The first-order valence-corrected chi connectivity index (χ1v) is 7.61. The van der Waals surface area contributed by atoms with Crippen molar-refractivity contribution in [1.29, 1.82) is 0 Å². The Morgan fingerprint density at radius 2 is 2.27 bits per heavy atom. The van der Waals surface area contributed by atoms with Crippen molar-refractivity contribution in [2.24, 2.45) is 0 Å². The Morgan fingerprint density at radius 3 is 2.95 bits per heavy atom. The van der Waals surface area contributed by atoms with E-state index < -0.39 is 0 Å². The molecule has 1 N–H and O–H groups in total. The van der Waals surface area contributed by atoms with Crippen LogP contribution in [0.2, 0.25) is 0 Å². The van der Waals surface area contributed by atoms with E-state index in [1.165, 1.54) is 17.6 Å². The summed E-state index contributed by atoms with van der Waals surface area (Å²) in [5.74, 6) is 1.20. The van der Waals surface area contributed by atoms with Gasteiger partial charge in [-0.3, -0.25) is 4.79 Å². The standard InChI is InChI=1S/C14H14N4O3S/c1-8(2)14-16-9(7-22-14)12(19)15-6-11-17-13(21-18-11)10-4-3-5-20-10/h3-5,7-8H,6H2,1-2H3,(H,15,19). The van der Waals surface area contributed by atoms with Crippen LogP contribution < -0.4 is 5.32 Å². The number of aromatic nitrogens is 3. The van der Waals surface area contributed by atoms with E-state index in [0.29, 0.717) is 23.2 Å². The van der Waals surface area contributed by atoms with Crippen molar-refractivity contribution in [2.45, 2.75) is 26.3 Å². The molecule has 22 heavy (non-hydrogen) atoms. The molecule has 0 bridgehead atoms. The van der Waals surface area contributed by atoms with Crippen LogP contribution in [-0.4, -0.2) is 21.0 Å². The molecule has 8 heteroatoms. The van der Waals surface area contributed by atoms with Gasteiger partial charge in [0.1, 0.15) is 5.69 Å². The molecule has 114 valence electrons. The summed E-state index contributed by atoms with van der Waals surface area (Å²) >= 11 is 1.48. The average molecular weight is 318 g/mol. The predicted molar refractivity (Wildman–Crippen MR) is 79.4 cm³/mol. The number of amides is 1. The third-order valence-electron chi connectivity index (χ3n) is 2.86. The van der Waals surface area contributed by atoms with Crippen LogP contribution in [-0.2, 0) is 6.54 Å². The van der Waals surface area contributed by atoms with Crippen molar-refractivity contribution in [3.63, 3.8) is 0 Å². The number of rotatable bonds is 5. The van der Waals surface area contributed by atoms with Gasteiger partial charge < -0.3 is 14.3 Å². The minimum atomic E-state index is -0.257. The van der Waals surface area contributed by atoms with Crippen LogP contribution in [0.5, 0.6) is 0 Å². The van der Waals surface area contributed by atoms with Crippen molar-refractivity contribution < 1.29 is 13.7 Å². The van der Waals surface area contributed by atoms with Gasteiger partial charge in [-0.25, -0.2) is 4.98 Å². The highest BCUT2D eigenvalue weighted by molar-refractivity contribution is 7.09. The summed E-state index contributed by atoms with van der Waals surface area (Å²) in [6, 6.07) is 3.45. The Balaban J connectivity index is 1.61. The van der Waals surface area contributed by atoms with Crippen molar-refractivity contribution in [3.8, 4) is 11.7 Å². The van der Waals surface area contributed by atoms with Gasteiger partial charge in [0.2, 0.25) is 0 Å². The first-order valence-electron chi connectivity index (χ1n) is 6.73. The predicted octanol–water partition coefficient (Wildman–Crippen LogP) is 2.84.